The lowest BCUT2D eigenvalue weighted by Crippen LogP contribution is -2.30. The molecule has 1 aromatic rings. The SMILES string of the molecule is OCCSC1CCCC(Oc2ccccc2)O1. The van der Waals surface area contributed by atoms with Crippen molar-refractivity contribution in [3.63, 3.8) is 0 Å². The van der Waals surface area contributed by atoms with Crippen molar-refractivity contribution in [3.05, 3.63) is 30.3 Å². The number of rotatable bonds is 5. The van der Waals surface area contributed by atoms with Gasteiger partial charge in [0.2, 0.25) is 6.29 Å². The van der Waals surface area contributed by atoms with Gasteiger partial charge in [0.05, 0.1) is 6.61 Å². The lowest BCUT2D eigenvalue weighted by Gasteiger charge is -2.29. The van der Waals surface area contributed by atoms with Gasteiger partial charge in [-0.05, 0) is 25.0 Å². The van der Waals surface area contributed by atoms with E-state index in [9.17, 15) is 0 Å². The predicted octanol–water partition coefficient (Wildman–Crippen LogP) is 2.64. The Kier molecular flexibility index (Phi) is 5.16. The Hall–Kier alpha value is -0.710. The molecule has 0 aliphatic carbocycles. The summed E-state index contributed by atoms with van der Waals surface area (Å²) < 4.78 is 11.6. The maximum atomic E-state index is 8.79. The molecule has 2 rings (SSSR count). The third-order valence-electron chi connectivity index (χ3n) is 2.59. The van der Waals surface area contributed by atoms with E-state index >= 15 is 0 Å². The zero-order chi connectivity index (χ0) is 11.9. The fourth-order valence-electron chi connectivity index (χ4n) is 1.80. The number of hydrogen-bond donors (Lipinski definition) is 1. The van der Waals surface area contributed by atoms with Crippen LogP contribution in [0.5, 0.6) is 5.75 Å². The van der Waals surface area contributed by atoms with Crippen molar-refractivity contribution in [1.29, 1.82) is 0 Å². The van der Waals surface area contributed by atoms with E-state index in [4.69, 9.17) is 14.6 Å². The van der Waals surface area contributed by atoms with Gasteiger partial charge in [-0.15, -0.1) is 11.8 Å². The number of hydrogen-bond acceptors (Lipinski definition) is 4. The first-order valence-corrected chi connectivity index (χ1v) is 7.03. The molecule has 17 heavy (non-hydrogen) atoms. The minimum atomic E-state index is -0.151. The van der Waals surface area contributed by atoms with Crippen molar-refractivity contribution in [2.75, 3.05) is 12.4 Å². The third kappa shape index (κ3) is 4.22. The van der Waals surface area contributed by atoms with E-state index in [-0.39, 0.29) is 18.3 Å². The first kappa shape index (κ1) is 12.7. The maximum absolute atomic E-state index is 8.79. The van der Waals surface area contributed by atoms with Crippen LogP contribution >= 0.6 is 11.8 Å². The molecule has 1 fully saturated rings. The second-order valence-corrected chi connectivity index (χ2v) is 5.22. The molecule has 1 aromatic carbocycles. The van der Waals surface area contributed by atoms with Crippen LogP contribution < -0.4 is 4.74 Å². The first-order valence-electron chi connectivity index (χ1n) is 5.98. The smallest absolute Gasteiger partial charge is 0.201 e. The summed E-state index contributed by atoms with van der Waals surface area (Å²) >= 11 is 1.66. The van der Waals surface area contributed by atoms with Crippen LogP contribution in [0.3, 0.4) is 0 Å². The van der Waals surface area contributed by atoms with Gasteiger partial charge in [0.15, 0.2) is 0 Å². The van der Waals surface area contributed by atoms with E-state index in [1.165, 1.54) is 0 Å². The van der Waals surface area contributed by atoms with Crippen LogP contribution in [0.1, 0.15) is 19.3 Å². The molecule has 3 nitrogen and oxygen atoms in total. The van der Waals surface area contributed by atoms with Gasteiger partial charge < -0.3 is 14.6 Å². The lowest BCUT2D eigenvalue weighted by atomic mass is 10.2. The number of para-hydroxylation sites is 1. The van der Waals surface area contributed by atoms with Crippen LogP contribution in [0.25, 0.3) is 0 Å². The number of thioether (sulfide) groups is 1. The summed E-state index contributed by atoms with van der Waals surface area (Å²) in [6.07, 6.45) is 2.94. The molecule has 0 saturated carbocycles. The van der Waals surface area contributed by atoms with E-state index in [0.717, 1.165) is 30.8 Å². The second-order valence-electron chi connectivity index (χ2n) is 3.95. The average molecular weight is 254 g/mol. The molecular weight excluding hydrogens is 236 g/mol. The van der Waals surface area contributed by atoms with Crippen LogP contribution in [0.2, 0.25) is 0 Å². The van der Waals surface area contributed by atoms with Gasteiger partial charge in [0.1, 0.15) is 11.2 Å². The van der Waals surface area contributed by atoms with Crippen molar-refractivity contribution in [2.45, 2.75) is 31.0 Å². The molecule has 0 radical (unpaired) electrons. The fourth-order valence-corrected chi connectivity index (χ4v) is 2.71. The van der Waals surface area contributed by atoms with E-state index in [2.05, 4.69) is 0 Å². The van der Waals surface area contributed by atoms with E-state index in [1.54, 1.807) is 11.8 Å². The largest absolute Gasteiger partial charge is 0.465 e. The Labute approximate surface area is 106 Å². The molecule has 1 aliphatic rings. The zero-order valence-corrected chi connectivity index (χ0v) is 10.6. The quantitative estimate of drug-likeness (QED) is 0.876. The highest BCUT2D eigenvalue weighted by atomic mass is 32.2. The molecule has 0 aromatic heterocycles. The van der Waals surface area contributed by atoms with E-state index in [1.807, 2.05) is 30.3 Å². The summed E-state index contributed by atoms with van der Waals surface area (Å²) in [5, 5.41) is 8.79. The Balaban J connectivity index is 1.81. The minimum absolute atomic E-state index is 0.151. The van der Waals surface area contributed by atoms with Crippen LogP contribution in [-0.4, -0.2) is 29.2 Å². The van der Waals surface area contributed by atoms with Gasteiger partial charge in [-0.25, -0.2) is 0 Å². The molecule has 4 heteroatoms. The normalized spacial score (nSPS) is 24.5. The van der Waals surface area contributed by atoms with Gasteiger partial charge in [0.25, 0.3) is 0 Å². The second kappa shape index (κ2) is 6.89. The molecule has 2 atom stereocenters. The van der Waals surface area contributed by atoms with Crippen LogP contribution in [0.4, 0.5) is 0 Å². The topological polar surface area (TPSA) is 38.7 Å². The zero-order valence-electron chi connectivity index (χ0n) is 9.75. The molecule has 1 aliphatic heterocycles. The van der Waals surface area contributed by atoms with Crippen molar-refractivity contribution >= 4 is 11.8 Å². The highest BCUT2D eigenvalue weighted by Gasteiger charge is 2.23. The molecule has 0 amide bonds. The third-order valence-corrected chi connectivity index (χ3v) is 3.73. The van der Waals surface area contributed by atoms with Gasteiger partial charge >= 0.3 is 0 Å². The van der Waals surface area contributed by atoms with Crippen molar-refractivity contribution in [3.8, 4) is 5.75 Å². The van der Waals surface area contributed by atoms with Gasteiger partial charge in [-0.3, -0.25) is 0 Å². The molecule has 94 valence electrons. The highest BCUT2D eigenvalue weighted by molar-refractivity contribution is 7.99. The average Bonchev–Trinajstić information content (AvgIpc) is 2.38. The highest BCUT2D eigenvalue weighted by Crippen LogP contribution is 2.28. The maximum Gasteiger partial charge on any atom is 0.201 e. The molecule has 2 unspecified atom stereocenters. The minimum Gasteiger partial charge on any atom is -0.465 e. The summed E-state index contributed by atoms with van der Waals surface area (Å²) in [6.45, 7) is 0.203. The monoisotopic (exact) mass is 254 g/mol. The van der Waals surface area contributed by atoms with Crippen LogP contribution in [0.15, 0.2) is 30.3 Å². The summed E-state index contributed by atoms with van der Waals surface area (Å²) in [4.78, 5) is 0. The van der Waals surface area contributed by atoms with E-state index in [0.29, 0.717) is 0 Å². The summed E-state index contributed by atoms with van der Waals surface area (Å²) in [6, 6.07) is 9.75. The number of aliphatic hydroxyl groups excluding tert-OH is 1. The molecular formula is C13H18O3S. The Morgan fingerprint density at radius 1 is 1.29 bits per heavy atom. The Bertz CT molecular complexity index is 318. The fraction of sp³-hybridized carbons (Fsp3) is 0.538. The van der Waals surface area contributed by atoms with Crippen LogP contribution in [0, 0.1) is 0 Å². The van der Waals surface area contributed by atoms with Crippen molar-refractivity contribution in [1.82, 2.24) is 0 Å². The molecule has 0 bridgehead atoms. The van der Waals surface area contributed by atoms with Crippen LogP contribution in [-0.2, 0) is 4.74 Å². The molecule has 1 N–H and O–H groups in total. The molecule has 1 heterocycles. The number of ether oxygens (including phenoxy) is 2. The number of benzene rings is 1. The Morgan fingerprint density at radius 2 is 2.12 bits per heavy atom. The summed E-state index contributed by atoms with van der Waals surface area (Å²) in [7, 11) is 0. The van der Waals surface area contributed by atoms with Gasteiger partial charge in [0, 0.05) is 12.2 Å². The summed E-state index contributed by atoms with van der Waals surface area (Å²) in [5.41, 5.74) is 0.157. The lowest BCUT2D eigenvalue weighted by molar-refractivity contribution is -0.118. The van der Waals surface area contributed by atoms with Crippen molar-refractivity contribution in [2.24, 2.45) is 0 Å². The van der Waals surface area contributed by atoms with E-state index < -0.39 is 0 Å². The van der Waals surface area contributed by atoms with Gasteiger partial charge in [-0.2, -0.15) is 0 Å². The standard InChI is InChI=1S/C13H18O3S/c14-9-10-17-13-8-4-7-12(16-13)15-11-5-2-1-3-6-11/h1-3,5-6,12-14H,4,7-10H2. The summed E-state index contributed by atoms with van der Waals surface area (Å²) in [5.74, 6) is 1.58. The first-order chi connectivity index (χ1) is 8.38. The Morgan fingerprint density at radius 3 is 2.88 bits per heavy atom. The number of aliphatic hydroxyl groups is 1. The molecule has 0 spiro atoms. The molecule has 1 saturated heterocycles. The predicted molar refractivity (Wildman–Crippen MR) is 69.1 cm³/mol. The van der Waals surface area contributed by atoms with Crippen molar-refractivity contribution < 1.29 is 14.6 Å². The van der Waals surface area contributed by atoms with Gasteiger partial charge in [-0.1, -0.05) is 18.2 Å².